The molecule has 0 aromatic heterocycles. The van der Waals surface area contributed by atoms with Gasteiger partial charge in [-0.3, -0.25) is 4.79 Å². The first kappa shape index (κ1) is 19.5. The van der Waals surface area contributed by atoms with Crippen molar-refractivity contribution in [2.24, 2.45) is 0 Å². The number of benzene rings is 2. The first-order valence-corrected chi connectivity index (χ1v) is 7.63. The topological polar surface area (TPSA) is 73.9 Å². The van der Waals surface area contributed by atoms with Crippen LogP contribution in [0.15, 0.2) is 42.5 Å². The van der Waals surface area contributed by atoms with Crippen molar-refractivity contribution in [2.45, 2.75) is 6.61 Å². The third kappa shape index (κ3) is 5.32. The smallest absolute Gasteiger partial charge is 0.387 e. The van der Waals surface area contributed by atoms with Crippen molar-refractivity contribution in [1.29, 1.82) is 0 Å². The molecule has 0 spiro atoms. The van der Waals surface area contributed by atoms with Crippen molar-refractivity contribution in [2.75, 3.05) is 19.0 Å². The third-order valence-corrected chi connectivity index (χ3v) is 3.43. The summed E-state index contributed by atoms with van der Waals surface area (Å²) in [6.07, 6.45) is 0. The molecule has 0 saturated carbocycles. The zero-order valence-corrected chi connectivity index (χ0v) is 14.3. The Bertz CT molecular complexity index is 800. The molecule has 1 amide bonds. The fourth-order valence-electron chi connectivity index (χ4n) is 1.95. The van der Waals surface area contributed by atoms with Crippen LogP contribution in [-0.2, 0) is 9.53 Å². The lowest BCUT2D eigenvalue weighted by atomic mass is 10.2. The van der Waals surface area contributed by atoms with E-state index in [2.05, 4.69) is 10.1 Å². The molecule has 2 aromatic carbocycles. The molecule has 0 fully saturated rings. The molecule has 0 unspecified atom stereocenters. The van der Waals surface area contributed by atoms with Gasteiger partial charge in [0.25, 0.3) is 5.91 Å². The molecule has 0 radical (unpaired) electrons. The molecule has 2 aromatic rings. The van der Waals surface area contributed by atoms with Gasteiger partial charge in [-0.2, -0.15) is 8.78 Å². The molecule has 0 heterocycles. The Morgan fingerprint density at radius 2 is 1.88 bits per heavy atom. The van der Waals surface area contributed by atoms with E-state index in [1.807, 2.05) is 0 Å². The summed E-state index contributed by atoms with van der Waals surface area (Å²) in [5.41, 5.74) is 0.388. The number of nitrogens with one attached hydrogen (secondary N) is 1. The van der Waals surface area contributed by atoms with Crippen LogP contribution < -0.4 is 14.8 Å². The normalized spacial score (nSPS) is 10.3. The zero-order valence-electron chi connectivity index (χ0n) is 13.5. The molecule has 1 N–H and O–H groups in total. The van der Waals surface area contributed by atoms with Crippen molar-refractivity contribution in [3.8, 4) is 11.5 Å². The van der Waals surface area contributed by atoms with Gasteiger partial charge in [0.15, 0.2) is 18.1 Å². The number of alkyl halides is 2. The molecular weight excluding hydrogens is 372 g/mol. The van der Waals surface area contributed by atoms with E-state index in [0.717, 1.165) is 6.07 Å². The molecule has 0 bridgehead atoms. The maximum absolute atomic E-state index is 12.3. The summed E-state index contributed by atoms with van der Waals surface area (Å²) in [4.78, 5) is 23.8. The van der Waals surface area contributed by atoms with Crippen LogP contribution >= 0.6 is 11.6 Å². The Kier molecular flexibility index (Phi) is 6.74. The van der Waals surface area contributed by atoms with Gasteiger partial charge in [0.1, 0.15) is 0 Å². The second-order valence-electron chi connectivity index (χ2n) is 4.85. The number of ether oxygens (including phenoxy) is 3. The standard InChI is InChI=1S/C17H14ClF2NO5/c1-24-14-8-10(6-7-13(14)26-17(19)20)16(23)25-9-15(22)21-12-5-3-2-4-11(12)18/h2-8,17H,9H2,1H3,(H,21,22). The second kappa shape index (κ2) is 9.00. The fraction of sp³-hybridized carbons (Fsp3) is 0.176. The number of esters is 1. The number of amides is 1. The highest BCUT2D eigenvalue weighted by Crippen LogP contribution is 2.29. The van der Waals surface area contributed by atoms with Gasteiger partial charge in [0.2, 0.25) is 0 Å². The van der Waals surface area contributed by atoms with E-state index in [4.69, 9.17) is 21.1 Å². The Labute approximate surface area is 152 Å². The number of anilines is 1. The van der Waals surface area contributed by atoms with Crippen molar-refractivity contribution in [3.63, 3.8) is 0 Å². The molecule has 138 valence electrons. The van der Waals surface area contributed by atoms with Gasteiger partial charge in [0.05, 0.1) is 23.4 Å². The summed E-state index contributed by atoms with van der Waals surface area (Å²) in [7, 11) is 1.24. The van der Waals surface area contributed by atoms with Crippen LogP contribution in [0.1, 0.15) is 10.4 Å². The minimum Gasteiger partial charge on any atom is -0.493 e. The van der Waals surface area contributed by atoms with Crippen LogP contribution in [0, 0.1) is 0 Å². The predicted octanol–water partition coefficient (Wildman–Crippen LogP) is 3.75. The molecule has 0 aliphatic rings. The number of methoxy groups -OCH3 is 1. The van der Waals surface area contributed by atoms with E-state index in [-0.39, 0.29) is 17.1 Å². The van der Waals surface area contributed by atoms with Crippen LogP contribution in [0.4, 0.5) is 14.5 Å². The number of carbonyl (C=O) groups is 2. The summed E-state index contributed by atoms with van der Waals surface area (Å²) in [6.45, 7) is -3.59. The maximum Gasteiger partial charge on any atom is 0.387 e. The third-order valence-electron chi connectivity index (χ3n) is 3.10. The van der Waals surface area contributed by atoms with Gasteiger partial charge >= 0.3 is 12.6 Å². The molecule has 0 saturated heterocycles. The summed E-state index contributed by atoms with van der Waals surface area (Å²) < 4.78 is 38.6. The van der Waals surface area contributed by atoms with Gasteiger partial charge in [-0.05, 0) is 30.3 Å². The van der Waals surface area contributed by atoms with Crippen LogP contribution in [-0.4, -0.2) is 32.2 Å². The lowest BCUT2D eigenvalue weighted by molar-refractivity contribution is -0.119. The number of rotatable bonds is 7. The van der Waals surface area contributed by atoms with Crippen molar-refractivity contribution in [1.82, 2.24) is 0 Å². The number of halogens is 3. The molecule has 9 heteroatoms. The molecule has 0 aliphatic carbocycles. The van der Waals surface area contributed by atoms with Gasteiger partial charge in [-0.15, -0.1) is 0 Å². The highest BCUT2D eigenvalue weighted by atomic mass is 35.5. The van der Waals surface area contributed by atoms with Crippen LogP contribution in [0.2, 0.25) is 5.02 Å². The second-order valence-corrected chi connectivity index (χ2v) is 5.26. The van der Waals surface area contributed by atoms with E-state index < -0.39 is 25.1 Å². The lowest BCUT2D eigenvalue weighted by Gasteiger charge is -2.11. The summed E-state index contributed by atoms with van der Waals surface area (Å²) in [6, 6.07) is 10.1. The van der Waals surface area contributed by atoms with E-state index in [0.29, 0.717) is 10.7 Å². The Hall–Kier alpha value is -2.87. The van der Waals surface area contributed by atoms with Gasteiger partial charge in [0, 0.05) is 0 Å². The number of hydrogen-bond donors (Lipinski definition) is 1. The lowest BCUT2D eigenvalue weighted by Crippen LogP contribution is -2.21. The average molecular weight is 386 g/mol. The highest BCUT2D eigenvalue weighted by Gasteiger charge is 2.16. The van der Waals surface area contributed by atoms with Gasteiger partial charge in [-0.1, -0.05) is 23.7 Å². The largest absolute Gasteiger partial charge is 0.493 e. The molecule has 0 aliphatic heterocycles. The number of hydrogen-bond acceptors (Lipinski definition) is 5. The highest BCUT2D eigenvalue weighted by molar-refractivity contribution is 6.33. The van der Waals surface area contributed by atoms with E-state index in [1.54, 1.807) is 24.3 Å². The molecule has 0 atom stereocenters. The molecule has 6 nitrogen and oxygen atoms in total. The molecular formula is C17H14ClF2NO5. The number of para-hydroxylation sites is 1. The van der Waals surface area contributed by atoms with Crippen LogP contribution in [0.3, 0.4) is 0 Å². The van der Waals surface area contributed by atoms with E-state index in [1.165, 1.54) is 19.2 Å². The fourth-order valence-corrected chi connectivity index (χ4v) is 2.13. The SMILES string of the molecule is COc1cc(C(=O)OCC(=O)Nc2ccccc2Cl)ccc1OC(F)F. The van der Waals surface area contributed by atoms with Crippen LogP contribution in [0.25, 0.3) is 0 Å². The molecule has 2 rings (SSSR count). The Balaban J connectivity index is 1.97. The van der Waals surface area contributed by atoms with Crippen molar-refractivity contribution >= 4 is 29.2 Å². The van der Waals surface area contributed by atoms with E-state index >= 15 is 0 Å². The average Bonchev–Trinajstić information content (AvgIpc) is 2.61. The van der Waals surface area contributed by atoms with Crippen molar-refractivity contribution < 1.29 is 32.6 Å². The summed E-state index contributed by atoms with van der Waals surface area (Å²) >= 11 is 5.91. The van der Waals surface area contributed by atoms with Gasteiger partial charge < -0.3 is 19.5 Å². The first-order valence-electron chi connectivity index (χ1n) is 7.25. The van der Waals surface area contributed by atoms with E-state index in [9.17, 15) is 18.4 Å². The Morgan fingerprint density at radius 3 is 2.54 bits per heavy atom. The van der Waals surface area contributed by atoms with Gasteiger partial charge in [-0.25, -0.2) is 4.79 Å². The quantitative estimate of drug-likeness (QED) is 0.735. The summed E-state index contributed by atoms with van der Waals surface area (Å²) in [5, 5.41) is 2.83. The zero-order chi connectivity index (χ0) is 19.1. The minimum atomic E-state index is -3.03. The molecule has 26 heavy (non-hydrogen) atoms. The monoisotopic (exact) mass is 385 g/mol. The maximum atomic E-state index is 12.3. The first-order chi connectivity index (χ1) is 12.4. The number of carbonyl (C=O) groups excluding carboxylic acids is 2. The summed E-state index contributed by atoms with van der Waals surface area (Å²) in [5.74, 6) is -1.71. The predicted molar refractivity (Wildman–Crippen MR) is 90.0 cm³/mol. The Morgan fingerprint density at radius 1 is 1.15 bits per heavy atom. The van der Waals surface area contributed by atoms with Crippen LogP contribution in [0.5, 0.6) is 11.5 Å². The van der Waals surface area contributed by atoms with Crippen molar-refractivity contribution in [3.05, 3.63) is 53.1 Å². The minimum absolute atomic E-state index is 0.00834.